The lowest BCUT2D eigenvalue weighted by Gasteiger charge is -2.32. The number of hydrogen-bond acceptors (Lipinski definition) is 3. The quantitative estimate of drug-likeness (QED) is 0.185. The summed E-state index contributed by atoms with van der Waals surface area (Å²) in [7, 11) is 0. The molecule has 0 aromatic heterocycles. The van der Waals surface area contributed by atoms with Crippen molar-refractivity contribution in [3.8, 4) is 0 Å². The molecular weight excluding hydrogens is 404 g/mol. The Labute approximate surface area is 197 Å². The van der Waals surface area contributed by atoms with Crippen LogP contribution in [0.4, 0.5) is 0 Å². The molecule has 176 valence electrons. The Bertz CT molecular complexity index is 471. The van der Waals surface area contributed by atoms with Gasteiger partial charge in [-0.2, -0.15) is 23.5 Å². The first-order valence-corrected chi connectivity index (χ1v) is 15.2. The van der Waals surface area contributed by atoms with Crippen molar-refractivity contribution >= 4 is 23.5 Å². The van der Waals surface area contributed by atoms with Gasteiger partial charge in [0, 0.05) is 16.9 Å². The predicted molar refractivity (Wildman–Crippen MR) is 142 cm³/mol. The lowest BCUT2D eigenvalue weighted by Crippen LogP contribution is -2.26. The summed E-state index contributed by atoms with van der Waals surface area (Å²) < 4.78 is 0. The van der Waals surface area contributed by atoms with Crippen LogP contribution in [0.15, 0.2) is 23.5 Å². The number of thioether (sulfide) groups is 2. The first-order valence-electron chi connectivity index (χ1n) is 12.9. The minimum atomic E-state index is -0.0598. The van der Waals surface area contributed by atoms with Gasteiger partial charge >= 0.3 is 0 Å². The molecule has 1 aliphatic rings. The van der Waals surface area contributed by atoms with E-state index in [9.17, 15) is 5.11 Å². The minimum Gasteiger partial charge on any atom is -0.512 e. The van der Waals surface area contributed by atoms with Crippen LogP contribution >= 0.6 is 23.5 Å². The number of aliphatic hydroxyl groups is 1. The molecule has 0 saturated heterocycles. The highest BCUT2D eigenvalue weighted by Crippen LogP contribution is 2.40. The summed E-state index contributed by atoms with van der Waals surface area (Å²) >= 11 is 4.13. The van der Waals surface area contributed by atoms with Crippen molar-refractivity contribution < 1.29 is 5.11 Å². The second kappa shape index (κ2) is 18.5. The van der Waals surface area contributed by atoms with Crippen molar-refractivity contribution in [3.63, 3.8) is 0 Å². The molecule has 0 aromatic carbocycles. The summed E-state index contributed by atoms with van der Waals surface area (Å²) in [5, 5.41) is 10.5. The molecule has 1 N–H and O–H groups in total. The number of rotatable bonds is 20. The van der Waals surface area contributed by atoms with Gasteiger partial charge in [0.05, 0.1) is 5.76 Å². The van der Waals surface area contributed by atoms with Crippen LogP contribution < -0.4 is 0 Å². The molecule has 1 aliphatic carbocycles. The Kier molecular flexibility index (Phi) is 17.3. The van der Waals surface area contributed by atoms with Crippen LogP contribution in [0.25, 0.3) is 0 Å². The Hall–Kier alpha value is -0.0200. The van der Waals surface area contributed by atoms with E-state index >= 15 is 0 Å². The maximum absolute atomic E-state index is 10.5. The van der Waals surface area contributed by atoms with Crippen LogP contribution in [0.5, 0.6) is 0 Å². The van der Waals surface area contributed by atoms with Gasteiger partial charge in [-0.1, -0.05) is 109 Å². The maximum atomic E-state index is 10.5. The van der Waals surface area contributed by atoms with Crippen molar-refractivity contribution in [1.82, 2.24) is 0 Å². The van der Waals surface area contributed by atoms with Crippen LogP contribution in [-0.4, -0.2) is 28.1 Å². The van der Waals surface area contributed by atoms with Gasteiger partial charge in [-0.05, 0) is 36.8 Å². The van der Waals surface area contributed by atoms with E-state index in [0.29, 0.717) is 5.76 Å². The number of aliphatic hydroxyl groups excluding tert-OH is 1. The molecule has 0 amide bonds. The van der Waals surface area contributed by atoms with Crippen LogP contribution in [-0.2, 0) is 0 Å². The fourth-order valence-electron chi connectivity index (χ4n) is 4.10. The van der Waals surface area contributed by atoms with Crippen molar-refractivity contribution in [1.29, 1.82) is 0 Å². The molecule has 0 radical (unpaired) electrons. The van der Waals surface area contributed by atoms with Gasteiger partial charge < -0.3 is 5.11 Å². The first-order chi connectivity index (χ1) is 14.6. The molecule has 1 atom stereocenters. The third-order valence-corrected chi connectivity index (χ3v) is 8.78. The molecule has 1 rings (SSSR count). The van der Waals surface area contributed by atoms with E-state index in [2.05, 4.69) is 38.6 Å². The Morgan fingerprint density at radius 2 is 1.23 bits per heavy atom. The molecular formula is C27H50OS2. The van der Waals surface area contributed by atoms with E-state index in [1.165, 1.54) is 107 Å². The highest BCUT2D eigenvalue weighted by atomic mass is 32.2. The summed E-state index contributed by atoms with van der Waals surface area (Å²) in [5.41, 5.74) is 1.45. The summed E-state index contributed by atoms with van der Waals surface area (Å²) in [6.07, 6.45) is 24.6. The molecule has 0 heterocycles. The number of unbranched alkanes of at least 4 members (excludes halogenated alkanes) is 12. The average Bonchev–Trinajstić information content (AvgIpc) is 2.74. The summed E-state index contributed by atoms with van der Waals surface area (Å²) in [4.78, 5) is 0. The number of allylic oxidation sites excluding steroid dienone is 3. The van der Waals surface area contributed by atoms with Crippen molar-refractivity contribution in [3.05, 3.63) is 23.5 Å². The summed E-state index contributed by atoms with van der Waals surface area (Å²) in [5.74, 6) is 5.30. The molecule has 0 aliphatic heterocycles. The van der Waals surface area contributed by atoms with Gasteiger partial charge in [-0.25, -0.2) is 0 Å². The lowest BCUT2D eigenvalue weighted by molar-refractivity contribution is 0.257. The van der Waals surface area contributed by atoms with Crippen LogP contribution in [0, 0.1) is 5.41 Å². The zero-order chi connectivity index (χ0) is 21.9. The van der Waals surface area contributed by atoms with Crippen LogP contribution in [0.2, 0.25) is 0 Å². The molecule has 30 heavy (non-hydrogen) atoms. The van der Waals surface area contributed by atoms with Crippen LogP contribution in [0.3, 0.4) is 0 Å². The van der Waals surface area contributed by atoms with E-state index in [1.807, 2.05) is 17.8 Å². The van der Waals surface area contributed by atoms with E-state index in [0.717, 1.165) is 17.9 Å². The molecule has 0 spiro atoms. The molecule has 1 unspecified atom stereocenters. The Morgan fingerprint density at radius 1 is 0.733 bits per heavy atom. The lowest BCUT2D eigenvalue weighted by atomic mass is 9.80. The minimum absolute atomic E-state index is 0.0598. The highest BCUT2D eigenvalue weighted by Gasteiger charge is 2.32. The largest absolute Gasteiger partial charge is 0.512 e. The van der Waals surface area contributed by atoms with Crippen molar-refractivity contribution in [2.24, 2.45) is 5.41 Å². The smallest absolute Gasteiger partial charge is 0.0992 e. The SMILES string of the molecule is CCCCCCCCCSCC1=CC=C(O)C(C)(CSCCCCCCCCC)C1. The fraction of sp³-hybridized carbons (Fsp3) is 0.852. The molecule has 1 nitrogen and oxygen atoms in total. The van der Waals surface area contributed by atoms with Gasteiger partial charge in [0.2, 0.25) is 0 Å². The molecule has 0 saturated carbocycles. The normalized spacial score (nSPS) is 19.0. The van der Waals surface area contributed by atoms with Crippen molar-refractivity contribution in [2.75, 3.05) is 23.0 Å². The second-order valence-electron chi connectivity index (χ2n) is 9.46. The van der Waals surface area contributed by atoms with Gasteiger partial charge in [-0.3, -0.25) is 0 Å². The monoisotopic (exact) mass is 454 g/mol. The number of hydrogen-bond donors (Lipinski definition) is 1. The molecule has 0 fully saturated rings. The first kappa shape index (κ1) is 28.0. The topological polar surface area (TPSA) is 20.2 Å². The summed E-state index contributed by atoms with van der Waals surface area (Å²) in [6, 6.07) is 0. The standard InChI is InChI=1S/C27H50OS2/c1-4-6-8-10-12-14-16-20-29-23-25-18-19-26(28)27(3,22-25)24-30-21-17-15-13-11-9-7-5-2/h18-19,28H,4-17,20-24H2,1-3H3. The molecule has 3 heteroatoms. The Balaban J connectivity index is 2.11. The molecule has 0 aromatic rings. The Morgan fingerprint density at radius 3 is 1.80 bits per heavy atom. The van der Waals surface area contributed by atoms with E-state index in [-0.39, 0.29) is 5.41 Å². The highest BCUT2D eigenvalue weighted by molar-refractivity contribution is 7.99. The van der Waals surface area contributed by atoms with E-state index in [4.69, 9.17) is 0 Å². The molecule has 0 bridgehead atoms. The predicted octanol–water partition coefficient (Wildman–Crippen LogP) is 9.73. The zero-order valence-electron chi connectivity index (χ0n) is 20.4. The third kappa shape index (κ3) is 13.4. The van der Waals surface area contributed by atoms with Crippen LogP contribution in [0.1, 0.15) is 117 Å². The van der Waals surface area contributed by atoms with E-state index < -0.39 is 0 Å². The maximum Gasteiger partial charge on any atom is 0.0992 e. The third-order valence-electron chi connectivity index (χ3n) is 6.21. The fourth-order valence-corrected chi connectivity index (χ4v) is 6.36. The van der Waals surface area contributed by atoms with E-state index in [1.54, 1.807) is 0 Å². The van der Waals surface area contributed by atoms with Gasteiger partial charge in [0.25, 0.3) is 0 Å². The van der Waals surface area contributed by atoms with Crippen molar-refractivity contribution in [2.45, 2.75) is 117 Å². The average molecular weight is 455 g/mol. The summed E-state index contributed by atoms with van der Waals surface area (Å²) in [6.45, 7) is 6.82. The zero-order valence-corrected chi connectivity index (χ0v) is 22.0. The second-order valence-corrected chi connectivity index (χ2v) is 11.7. The van der Waals surface area contributed by atoms with Gasteiger partial charge in [-0.15, -0.1) is 0 Å². The van der Waals surface area contributed by atoms with Gasteiger partial charge in [0.15, 0.2) is 0 Å². The van der Waals surface area contributed by atoms with Gasteiger partial charge in [0.1, 0.15) is 0 Å².